The molecule has 1 aromatic heterocycles. The van der Waals surface area contributed by atoms with Crippen molar-refractivity contribution in [1.29, 1.82) is 0 Å². The lowest BCUT2D eigenvalue weighted by molar-refractivity contribution is 0.0192. The van der Waals surface area contributed by atoms with Gasteiger partial charge in [-0.05, 0) is 43.4 Å². The van der Waals surface area contributed by atoms with Gasteiger partial charge >= 0.3 is 0 Å². The molecule has 0 bridgehead atoms. The number of carbonyl (C=O) groups is 1. The molecule has 1 aliphatic carbocycles. The van der Waals surface area contributed by atoms with Crippen LogP contribution in [0.5, 0.6) is 0 Å². The Balaban J connectivity index is 1.46. The van der Waals surface area contributed by atoms with Gasteiger partial charge in [-0.3, -0.25) is 14.7 Å². The third kappa shape index (κ3) is 3.66. The third-order valence-electron chi connectivity index (χ3n) is 7.44. The molecule has 31 heavy (non-hydrogen) atoms. The number of benzene rings is 1. The van der Waals surface area contributed by atoms with Crippen LogP contribution in [0.1, 0.15) is 60.0 Å². The van der Waals surface area contributed by atoms with Crippen LogP contribution in [0.3, 0.4) is 0 Å². The predicted molar refractivity (Wildman–Crippen MR) is 118 cm³/mol. The summed E-state index contributed by atoms with van der Waals surface area (Å²) in [6.07, 6.45) is 7.32. The number of carbonyl (C=O) groups excluding carboxylic acids is 1. The molecule has 0 unspecified atom stereocenters. The minimum Gasteiger partial charge on any atom is -0.391 e. The molecule has 2 atom stereocenters. The Morgan fingerprint density at radius 3 is 2.81 bits per heavy atom. The maximum absolute atomic E-state index is 14.5. The van der Waals surface area contributed by atoms with E-state index in [4.69, 9.17) is 0 Å². The fourth-order valence-electron chi connectivity index (χ4n) is 5.50. The zero-order chi connectivity index (χ0) is 21.6. The first kappa shape index (κ1) is 20.6. The van der Waals surface area contributed by atoms with E-state index < -0.39 is 11.8 Å². The standard InChI is InChI=1S/C25H30FN3O2/c1-2-25(26)9-12-28(13-10-25)15-17-14-19-20(23-18(17)6-5-11-27-23)16-29(24(19)31)21-7-3-4-8-22(21)30/h2,5-6,11,14,21-22,30H,1,3-4,7-10,12-13,15-16H2/t21-,22-/m0/s1. The Labute approximate surface area is 182 Å². The first-order valence-corrected chi connectivity index (χ1v) is 11.4. The molecule has 2 fully saturated rings. The van der Waals surface area contributed by atoms with Crippen molar-refractivity contribution in [2.24, 2.45) is 0 Å². The number of hydrogen-bond acceptors (Lipinski definition) is 4. The monoisotopic (exact) mass is 423 g/mol. The van der Waals surface area contributed by atoms with Gasteiger partial charge < -0.3 is 10.0 Å². The van der Waals surface area contributed by atoms with Crippen molar-refractivity contribution in [3.63, 3.8) is 0 Å². The van der Waals surface area contributed by atoms with Crippen LogP contribution in [0.25, 0.3) is 10.9 Å². The summed E-state index contributed by atoms with van der Waals surface area (Å²) in [6.45, 7) is 6.15. The van der Waals surface area contributed by atoms with Gasteiger partial charge in [-0.2, -0.15) is 0 Å². The van der Waals surface area contributed by atoms with Crippen molar-refractivity contribution in [2.75, 3.05) is 13.1 Å². The fraction of sp³-hybridized carbons (Fsp3) is 0.520. The van der Waals surface area contributed by atoms with Crippen molar-refractivity contribution < 1.29 is 14.3 Å². The number of piperidine rings is 1. The molecule has 1 saturated heterocycles. The van der Waals surface area contributed by atoms with E-state index >= 15 is 0 Å². The number of pyridine rings is 1. The summed E-state index contributed by atoms with van der Waals surface area (Å²) in [5, 5.41) is 11.6. The van der Waals surface area contributed by atoms with Gasteiger partial charge in [-0.1, -0.05) is 31.6 Å². The normalized spacial score (nSPS) is 26.3. The molecule has 3 heterocycles. The highest BCUT2D eigenvalue weighted by Gasteiger charge is 2.39. The highest BCUT2D eigenvalue weighted by atomic mass is 19.1. The summed E-state index contributed by atoms with van der Waals surface area (Å²) in [7, 11) is 0. The molecule has 3 aliphatic rings. The second-order valence-electron chi connectivity index (χ2n) is 9.33. The third-order valence-corrected chi connectivity index (χ3v) is 7.44. The summed E-state index contributed by atoms with van der Waals surface area (Å²) in [6, 6.07) is 5.89. The predicted octanol–water partition coefficient (Wildman–Crippen LogP) is 3.98. The van der Waals surface area contributed by atoms with Crippen LogP contribution >= 0.6 is 0 Å². The van der Waals surface area contributed by atoms with Crippen molar-refractivity contribution >= 4 is 16.8 Å². The number of nitrogens with zero attached hydrogens (tertiary/aromatic N) is 3. The number of likely N-dealkylation sites (tertiary alicyclic amines) is 1. The smallest absolute Gasteiger partial charge is 0.254 e. The fourth-order valence-corrected chi connectivity index (χ4v) is 5.50. The summed E-state index contributed by atoms with van der Waals surface area (Å²) >= 11 is 0. The lowest BCUT2D eigenvalue weighted by atomic mass is 9.91. The average molecular weight is 424 g/mol. The number of fused-ring (bicyclic) bond motifs is 3. The van der Waals surface area contributed by atoms with Crippen molar-refractivity contribution in [3.8, 4) is 0 Å². The Morgan fingerprint density at radius 1 is 1.29 bits per heavy atom. The average Bonchev–Trinajstić information content (AvgIpc) is 3.12. The second kappa shape index (κ2) is 7.99. The highest BCUT2D eigenvalue weighted by Crippen LogP contribution is 2.36. The van der Waals surface area contributed by atoms with Gasteiger partial charge in [0.2, 0.25) is 0 Å². The molecule has 6 heteroatoms. The van der Waals surface area contributed by atoms with Crippen LogP contribution in [0.2, 0.25) is 0 Å². The van der Waals surface area contributed by atoms with E-state index in [1.165, 1.54) is 6.08 Å². The highest BCUT2D eigenvalue weighted by molar-refractivity contribution is 6.04. The number of hydrogen-bond donors (Lipinski definition) is 1. The molecule has 164 valence electrons. The first-order valence-electron chi connectivity index (χ1n) is 11.4. The van der Waals surface area contributed by atoms with E-state index in [1.807, 2.05) is 17.0 Å². The molecule has 1 amide bonds. The molecule has 0 spiro atoms. The maximum atomic E-state index is 14.5. The minimum atomic E-state index is -1.27. The quantitative estimate of drug-likeness (QED) is 0.756. The minimum absolute atomic E-state index is 0.00262. The Morgan fingerprint density at radius 2 is 2.06 bits per heavy atom. The lowest BCUT2D eigenvalue weighted by Gasteiger charge is -2.35. The number of rotatable bonds is 4. The molecule has 1 N–H and O–H groups in total. The summed E-state index contributed by atoms with van der Waals surface area (Å²) < 4.78 is 14.5. The van der Waals surface area contributed by atoms with Crippen molar-refractivity contribution in [3.05, 3.63) is 53.7 Å². The van der Waals surface area contributed by atoms with Gasteiger partial charge in [0.1, 0.15) is 5.67 Å². The Bertz CT molecular complexity index is 1020. The van der Waals surface area contributed by atoms with Gasteiger partial charge in [-0.15, -0.1) is 0 Å². The molecule has 2 aliphatic heterocycles. The van der Waals surface area contributed by atoms with Crippen LogP contribution in [0.4, 0.5) is 4.39 Å². The van der Waals surface area contributed by atoms with E-state index in [-0.39, 0.29) is 11.9 Å². The van der Waals surface area contributed by atoms with Gasteiger partial charge in [0.05, 0.1) is 17.7 Å². The Kier molecular flexibility index (Phi) is 5.30. The molecular weight excluding hydrogens is 393 g/mol. The number of allylic oxidation sites excluding steroid dienone is 1. The zero-order valence-electron chi connectivity index (χ0n) is 17.9. The van der Waals surface area contributed by atoms with Crippen LogP contribution in [0, 0.1) is 0 Å². The molecular formula is C25H30FN3O2. The van der Waals surface area contributed by atoms with Crippen LogP contribution in [0.15, 0.2) is 37.1 Å². The number of halogens is 1. The number of aliphatic hydroxyl groups is 1. The molecule has 5 nitrogen and oxygen atoms in total. The van der Waals surface area contributed by atoms with Crippen molar-refractivity contribution in [1.82, 2.24) is 14.8 Å². The maximum Gasteiger partial charge on any atom is 0.254 e. The van der Waals surface area contributed by atoms with Crippen LogP contribution in [-0.2, 0) is 13.1 Å². The first-order chi connectivity index (χ1) is 15.0. The van der Waals surface area contributed by atoms with E-state index in [0.717, 1.165) is 47.7 Å². The van der Waals surface area contributed by atoms with Crippen LogP contribution < -0.4 is 0 Å². The van der Waals surface area contributed by atoms with E-state index in [2.05, 4.69) is 22.5 Å². The summed E-state index contributed by atoms with van der Waals surface area (Å²) in [4.78, 5) is 22.1. The number of alkyl halides is 1. The Hall–Kier alpha value is -2.31. The number of amides is 1. The zero-order valence-corrected chi connectivity index (χ0v) is 17.9. The molecule has 2 aromatic rings. The lowest BCUT2D eigenvalue weighted by Crippen LogP contribution is -2.45. The number of aromatic nitrogens is 1. The topological polar surface area (TPSA) is 56.7 Å². The SMILES string of the molecule is C=CC1(F)CCN(Cc2cc3c(c4ncccc24)CN([C@H]2CCCC[C@@H]2O)C3=O)CC1. The molecule has 1 saturated carbocycles. The molecule has 1 aromatic carbocycles. The van der Waals surface area contributed by atoms with Gasteiger partial charge in [-0.25, -0.2) is 4.39 Å². The summed E-state index contributed by atoms with van der Waals surface area (Å²) in [5.41, 5.74) is 2.34. The van der Waals surface area contributed by atoms with E-state index in [9.17, 15) is 14.3 Å². The van der Waals surface area contributed by atoms with Gasteiger partial charge in [0, 0.05) is 48.9 Å². The molecule has 5 rings (SSSR count). The van der Waals surface area contributed by atoms with Gasteiger partial charge in [0.25, 0.3) is 5.91 Å². The largest absolute Gasteiger partial charge is 0.391 e. The second-order valence-corrected chi connectivity index (χ2v) is 9.33. The summed E-state index contributed by atoms with van der Waals surface area (Å²) in [5.74, 6) is 0.00262. The van der Waals surface area contributed by atoms with Crippen molar-refractivity contribution in [2.45, 2.75) is 69.4 Å². The van der Waals surface area contributed by atoms with Gasteiger partial charge in [0.15, 0.2) is 0 Å². The van der Waals surface area contributed by atoms with E-state index in [1.54, 1.807) is 6.20 Å². The van der Waals surface area contributed by atoms with Crippen LogP contribution in [-0.4, -0.2) is 56.7 Å². The number of aliphatic hydroxyl groups excluding tert-OH is 1. The van der Waals surface area contributed by atoms with E-state index in [0.29, 0.717) is 44.6 Å². The molecule has 0 radical (unpaired) electrons.